The van der Waals surface area contributed by atoms with Gasteiger partial charge in [-0.05, 0) is 83.1 Å². The van der Waals surface area contributed by atoms with Gasteiger partial charge in [0, 0.05) is 19.2 Å². The van der Waals surface area contributed by atoms with Crippen LogP contribution in [0.4, 0.5) is 13.2 Å². The average Bonchev–Trinajstić information content (AvgIpc) is 3.30. The molecule has 14 heteroatoms. The molecular formula is C31H22Cl2F3IN2O5S. The number of nitrogens with zero attached hydrogens (tertiary/aromatic N) is 2. The van der Waals surface area contributed by atoms with Gasteiger partial charge in [0.2, 0.25) is 0 Å². The molecule has 0 saturated heterocycles. The quantitative estimate of drug-likeness (QED) is 0.145. The van der Waals surface area contributed by atoms with Crippen molar-refractivity contribution in [1.29, 1.82) is 0 Å². The second-order valence-electron chi connectivity index (χ2n) is 9.56. The number of esters is 1. The van der Waals surface area contributed by atoms with Crippen LogP contribution >= 0.6 is 57.1 Å². The van der Waals surface area contributed by atoms with Gasteiger partial charge >= 0.3 is 12.1 Å². The number of hydrogen-bond acceptors (Lipinski definition) is 7. The summed E-state index contributed by atoms with van der Waals surface area (Å²) in [5.74, 6) is -0.530. The number of carbonyl (C=O) groups excluding carboxylic acids is 1. The Morgan fingerprint density at radius 2 is 1.73 bits per heavy atom. The molecule has 1 atom stereocenters. The lowest BCUT2D eigenvalue weighted by molar-refractivity contribution is -0.140. The Balaban J connectivity index is 1.72. The van der Waals surface area contributed by atoms with E-state index in [1.165, 1.54) is 44.4 Å². The Kier molecular flexibility index (Phi) is 9.97. The SMILES string of the molecule is CCOC(=O)C1=C(C(F)(F)F)N=c2s/c(=C\c3cc(I)cc(OC)c3OCc3ccc(Cl)cc3)c(=O)n2[C@H]1c1ccc(Cl)cc1. The summed E-state index contributed by atoms with van der Waals surface area (Å²) in [4.78, 5) is 30.6. The number of aromatic nitrogens is 1. The van der Waals surface area contributed by atoms with Crippen LogP contribution in [-0.2, 0) is 16.1 Å². The smallest absolute Gasteiger partial charge is 0.434 e. The molecule has 7 nitrogen and oxygen atoms in total. The highest BCUT2D eigenvalue weighted by Crippen LogP contribution is 2.39. The second-order valence-corrected chi connectivity index (χ2v) is 12.7. The van der Waals surface area contributed by atoms with E-state index < -0.39 is 35.0 Å². The summed E-state index contributed by atoms with van der Waals surface area (Å²) in [6, 6.07) is 14.9. The number of alkyl halides is 3. The molecule has 0 spiro atoms. The first kappa shape index (κ1) is 33.0. The summed E-state index contributed by atoms with van der Waals surface area (Å²) in [7, 11) is 1.47. The first-order valence-electron chi connectivity index (χ1n) is 13.2. The highest BCUT2D eigenvalue weighted by Gasteiger charge is 2.45. The monoisotopic (exact) mass is 788 g/mol. The molecule has 234 valence electrons. The summed E-state index contributed by atoms with van der Waals surface area (Å²) >= 11 is 14.9. The van der Waals surface area contributed by atoms with E-state index in [-0.39, 0.29) is 28.1 Å². The number of hydrogen-bond donors (Lipinski definition) is 0. The molecule has 0 radical (unpaired) electrons. The van der Waals surface area contributed by atoms with E-state index in [4.69, 9.17) is 37.4 Å². The highest BCUT2D eigenvalue weighted by atomic mass is 127. The van der Waals surface area contributed by atoms with Gasteiger partial charge in [0.1, 0.15) is 6.61 Å². The van der Waals surface area contributed by atoms with Crippen molar-refractivity contribution < 1.29 is 32.2 Å². The van der Waals surface area contributed by atoms with Crippen molar-refractivity contribution in [3.8, 4) is 11.5 Å². The normalized spacial score (nSPS) is 15.0. The molecule has 0 saturated carbocycles. The molecule has 3 aromatic carbocycles. The molecule has 0 aliphatic carbocycles. The first-order chi connectivity index (χ1) is 21.4. The van der Waals surface area contributed by atoms with E-state index in [9.17, 15) is 22.8 Å². The molecular weight excluding hydrogens is 767 g/mol. The van der Waals surface area contributed by atoms with Crippen LogP contribution in [-0.4, -0.2) is 30.4 Å². The van der Waals surface area contributed by atoms with Crippen molar-refractivity contribution in [3.05, 3.63) is 122 Å². The van der Waals surface area contributed by atoms with Crippen LogP contribution in [0.3, 0.4) is 0 Å². The highest BCUT2D eigenvalue weighted by molar-refractivity contribution is 14.1. The number of benzene rings is 3. The standard InChI is InChI=1S/C31H22Cl2F3IN2O5S/c1-3-43-29(41)24-25(17-6-10-20(33)11-7-17)39-28(40)23(45-30(39)38-27(24)31(34,35)36)13-18-12-21(37)14-22(42-2)26(18)44-15-16-4-8-19(32)9-5-16/h4-14,25H,3,15H2,1-2H3/b23-13-/t25-/m0/s1. The van der Waals surface area contributed by atoms with Gasteiger partial charge in [-0.15, -0.1) is 0 Å². The summed E-state index contributed by atoms with van der Waals surface area (Å²) in [5.41, 5.74) is -1.41. The third kappa shape index (κ3) is 7.08. The Morgan fingerprint density at radius 3 is 2.33 bits per heavy atom. The zero-order valence-electron chi connectivity index (χ0n) is 23.5. The number of thiazole rings is 1. The fraction of sp³-hybridized carbons (Fsp3) is 0.194. The zero-order valence-corrected chi connectivity index (χ0v) is 27.9. The molecule has 0 bridgehead atoms. The van der Waals surface area contributed by atoms with Gasteiger partial charge in [0.05, 0.1) is 29.9 Å². The van der Waals surface area contributed by atoms with E-state index >= 15 is 0 Å². The minimum Gasteiger partial charge on any atom is -0.493 e. The number of ether oxygens (including phenoxy) is 3. The van der Waals surface area contributed by atoms with E-state index in [1.807, 2.05) is 0 Å². The lowest BCUT2D eigenvalue weighted by atomic mass is 9.95. The van der Waals surface area contributed by atoms with Gasteiger partial charge in [0.25, 0.3) is 5.56 Å². The summed E-state index contributed by atoms with van der Waals surface area (Å²) in [5, 5.41) is 0.890. The number of fused-ring (bicyclic) bond motifs is 1. The maximum Gasteiger partial charge on any atom is 0.434 e. The second kappa shape index (κ2) is 13.6. The fourth-order valence-corrected chi connectivity index (χ4v) is 6.54. The van der Waals surface area contributed by atoms with Crippen LogP contribution in [0.2, 0.25) is 10.0 Å². The minimum atomic E-state index is -5.02. The van der Waals surface area contributed by atoms with E-state index in [2.05, 4.69) is 27.6 Å². The molecule has 1 aliphatic heterocycles. The van der Waals surface area contributed by atoms with Gasteiger partial charge in [-0.2, -0.15) is 13.2 Å². The summed E-state index contributed by atoms with van der Waals surface area (Å²) in [6.07, 6.45) is -3.51. The molecule has 1 aliphatic rings. The predicted molar refractivity (Wildman–Crippen MR) is 174 cm³/mol. The molecule has 5 rings (SSSR count). The van der Waals surface area contributed by atoms with Crippen molar-refractivity contribution in [1.82, 2.24) is 4.57 Å². The van der Waals surface area contributed by atoms with E-state index in [0.29, 0.717) is 27.1 Å². The maximum atomic E-state index is 14.4. The minimum absolute atomic E-state index is 0.0553. The lowest BCUT2D eigenvalue weighted by Gasteiger charge is -2.26. The van der Waals surface area contributed by atoms with Crippen LogP contribution < -0.4 is 24.4 Å². The van der Waals surface area contributed by atoms with Crippen LogP contribution in [0, 0.1) is 3.57 Å². The molecule has 0 fully saturated rings. The maximum absolute atomic E-state index is 14.4. The molecule has 0 unspecified atom stereocenters. The van der Waals surface area contributed by atoms with Crippen molar-refractivity contribution >= 4 is 69.2 Å². The third-order valence-electron chi connectivity index (χ3n) is 6.63. The van der Waals surface area contributed by atoms with E-state index in [1.54, 1.807) is 36.4 Å². The van der Waals surface area contributed by atoms with Gasteiger partial charge in [-0.3, -0.25) is 9.36 Å². The third-order valence-corrected chi connectivity index (χ3v) is 8.74. The van der Waals surface area contributed by atoms with Crippen molar-refractivity contribution in [2.45, 2.75) is 25.7 Å². The van der Waals surface area contributed by atoms with Gasteiger partial charge in [0.15, 0.2) is 22.0 Å². The van der Waals surface area contributed by atoms with E-state index in [0.717, 1.165) is 25.0 Å². The van der Waals surface area contributed by atoms with Gasteiger partial charge in [-0.1, -0.05) is 58.8 Å². The summed E-state index contributed by atoms with van der Waals surface area (Å²) in [6.45, 7) is 1.43. The van der Waals surface area contributed by atoms with Gasteiger partial charge < -0.3 is 14.2 Å². The lowest BCUT2D eigenvalue weighted by Crippen LogP contribution is -2.41. The predicted octanol–water partition coefficient (Wildman–Crippen LogP) is 6.84. The number of rotatable bonds is 8. The molecule has 0 amide bonds. The Morgan fingerprint density at radius 1 is 1.09 bits per heavy atom. The molecule has 45 heavy (non-hydrogen) atoms. The largest absolute Gasteiger partial charge is 0.493 e. The molecule has 2 heterocycles. The van der Waals surface area contributed by atoms with Crippen molar-refractivity contribution in [3.63, 3.8) is 0 Å². The van der Waals surface area contributed by atoms with Gasteiger partial charge in [-0.25, -0.2) is 9.79 Å². The molecule has 4 aromatic rings. The van der Waals surface area contributed by atoms with Crippen LogP contribution in [0.25, 0.3) is 6.08 Å². The Bertz CT molecular complexity index is 1970. The molecule has 0 N–H and O–H groups in total. The molecule has 1 aromatic heterocycles. The Hall–Kier alpha value is -3.33. The van der Waals surface area contributed by atoms with Crippen molar-refractivity contribution in [2.24, 2.45) is 4.99 Å². The fourth-order valence-electron chi connectivity index (χ4n) is 4.68. The summed E-state index contributed by atoms with van der Waals surface area (Å²) < 4.78 is 61.8. The Labute approximate surface area is 282 Å². The topological polar surface area (TPSA) is 79.1 Å². The zero-order chi connectivity index (χ0) is 32.5. The number of halogens is 6. The number of allylic oxidation sites excluding steroid dienone is 1. The van der Waals surface area contributed by atoms with Crippen LogP contribution in [0.15, 0.2) is 81.7 Å². The average molecular weight is 789 g/mol. The van der Waals surface area contributed by atoms with Crippen LogP contribution in [0.5, 0.6) is 11.5 Å². The number of methoxy groups -OCH3 is 1. The van der Waals surface area contributed by atoms with Crippen LogP contribution in [0.1, 0.15) is 29.7 Å². The number of carbonyl (C=O) groups is 1. The van der Waals surface area contributed by atoms with Crippen molar-refractivity contribution in [2.75, 3.05) is 13.7 Å². The first-order valence-corrected chi connectivity index (χ1v) is 15.9.